The molecule has 1 heterocycles. The number of para-hydroxylation sites is 3. The summed E-state index contributed by atoms with van der Waals surface area (Å²) < 4.78 is 32.2. The maximum absolute atomic E-state index is 13.6. The first-order chi connectivity index (χ1) is 17.8. The van der Waals surface area contributed by atoms with Gasteiger partial charge >= 0.3 is 0 Å². The van der Waals surface area contributed by atoms with E-state index in [1.54, 1.807) is 17.0 Å². The molecular weight excluding hydrogens is 486 g/mol. The molecule has 3 aromatic rings. The number of carbonyl (C=O) groups is 1. The molecule has 37 heavy (non-hydrogen) atoms. The smallest absolute Gasteiger partial charge is 0.258 e. The standard InChI is InChI=1S/C29H35N3O4S/c1-4-20-32(29(33)23-14-16-26(17-15-23)37(34,35)30(2)3)28-13-9-8-12-27(28)31-21-18-25(19-22-31)36-24-10-6-5-7-11-24/h5-17,25H,4,18-22H2,1-3H3. The van der Waals surface area contributed by atoms with Crippen LogP contribution in [0.25, 0.3) is 0 Å². The average Bonchev–Trinajstić information content (AvgIpc) is 2.92. The van der Waals surface area contributed by atoms with E-state index in [4.69, 9.17) is 4.74 Å². The van der Waals surface area contributed by atoms with E-state index in [-0.39, 0.29) is 16.9 Å². The van der Waals surface area contributed by atoms with Gasteiger partial charge in [-0.2, -0.15) is 0 Å². The SMILES string of the molecule is CCCN(C(=O)c1ccc(S(=O)(=O)N(C)C)cc1)c1ccccc1N1CCC(Oc2ccccc2)CC1. The Labute approximate surface area is 220 Å². The summed E-state index contributed by atoms with van der Waals surface area (Å²) in [6.45, 7) is 4.27. The maximum atomic E-state index is 13.6. The van der Waals surface area contributed by atoms with Gasteiger partial charge in [-0.05, 0) is 55.0 Å². The Bertz CT molecular complexity index is 1290. The second kappa shape index (κ2) is 11.8. The minimum Gasteiger partial charge on any atom is -0.490 e. The fourth-order valence-corrected chi connectivity index (χ4v) is 5.46. The number of rotatable bonds is 9. The van der Waals surface area contributed by atoms with Crippen molar-refractivity contribution in [2.45, 2.75) is 37.2 Å². The normalized spacial score (nSPS) is 14.5. The van der Waals surface area contributed by atoms with E-state index in [1.165, 1.54) is 26.2 Å². The molecule has 0 aromatic heterocycles. The zero-order valence-corrected chi connectivity index (χ0v) is 22.5. The lowest BCUT2D eigenvalue weighted by Crippen LogP contribution is -2.40. The molecule has 0 saturated carbocycles. The minimum atomic E-state index is -3.56. The number of carbonyl (C=O) groups excluding carboxylic acids is 1. The summed E-state index contributed by atoms with van der Waals surface area (Å²) in [5.41, 5.74) is 2.34. The van der Waals surface area contributed by atoms with Crippen molar-refractivity contribution in [1.29, 1.82) is 0 Å². The Morgan fingerprint density at radius 2 is 1.54 bits per heavy atom. The monoisotopic (exact) mass is 521 g/mol. The Morgan fingerprint density at radius 1 is 0.919 bits per heavy atom. The van der Waals surface area contributed by atoms with E-state index in [1.807, 2.05) is 55.5 Å². The van der Waals surface area contributed by atoms with E-state index in [2.05, 4.69) is 11.0 Å². The van der Waals surface area contributed by atoms with Crippen molar-refractivity contribution in [3.8, 4) is 5.75 Å². The molecule has 3 aromatic carbocycles. The molecule has 1 saturated heterocycles. The maximum Gasteiger partial charge on any atom is 0.258 e. The van der Waals surface area contributed by atoms with E-state index >= 15 is 0 Å². The van der Waals surface area contributed by atoms with Gasteiger partial charge in [-0.15, -0.1) is 0 Å². The predicted octanol–water partition coefficient (Wildman–Crippen LogP) is 5.04. The summed E-state index contributed by atoms with van der Waals surface area (Å²) >= 11 is 0. The molecule has 196 valence electrons. The third kappa shape index (κ3) is 6.14. The first-order valence-electron chi connectivity index (χ1n) is 12.7. The van der Waals surface area contributed by atoms with Gasteiger partial charge in [-0.25, -0.2) is 12.7 Å². The highest BCUT2D eigenvalue weighted by Crippen LogP contribution is 2.33. The number of ether oxygens (including phenoxy) is 1. The van der Waals surface area contributed by atoms with Crippen molar-refractivity contribution in [1.82, 2.24) is 4.31 Å². The van der Waals surface area contributed by atoms with Crippen LogP contribution in [0, 0.1) is 0 Å². The fourth-order valence-electron chi connectivity index (χ4n) is 4.56. The molecule has 0 radical (unpaired) electrons. The van der Waals surface area contributed by atoms with Gasteiger partial charge < -0.3 is 14.5 Å². The van der Waals surface area contributed by atoms with E-state index in [0.29, 0.717) is 12.1 Å². The van der Waals surface area contributed by atoms with Crippen LogP contribution in [0.1, 0.15) is 36.5 Å². The Morgan fingerprint density at radius 3 is 2.16 bits per heavy atom. The largest absolute Gasteiger partial charge is 0.490 e. The van der Waals surface area contributed by atoms with Crippen molar-refractivity contribution in [3.63, 3.8) is 0 Å². The van der Waals surface area contributed by atoms with Gasteiger partial charge in [0, 0.05) is 52.1 Å². The summed E-state index contributed by atoms with van der Waals surface area (Å²) in [7, 11) is -0.574. The molecule has 1 fully saturated rings. The first-order valence-corrected chi connectivity index (χ1v) is 14.2. The highest BCUT2D eigenvalue weighted by molar-refractivity contribution is 7.89. The lowest BCUT2D eigenvalue weighted by Gasteiger charge is -2.36. The second-order valence-corrected chi connectivity index (χ2v) is 11.5. The lowest BCUT2D eigenvalue weighted by molar-refractivity contribution is 0.0986. The molecule has 0 bridgehead atoms. The molecule has 0 spiro atoms. The lowest BCUT2D eigenvalue weighted by atomic mass is 10.1. The van der Waals surface area contributed by atoms with E-state index in [0.717, 1.165) is 53.8 Å². The van der Waals surface area contributed by atoms with Crippen LogP contribution in [0.2, 0.25) is 0 Å². The number of amides is 1. The van der Waals surface area contributed by atoms with Crippen molar-refractivity contribution in [2.75, 3.05) is 43.5 Å². The number of hydrogen-bond acceptors (Lipinski definition) is 5. The summed E-state index contributed by atoms with van der Waals surface area (Å²) in [5.74, 6) is 0.746. The summed E-state index contributed by atoms with van der Waals surface area (Å²) in [5, 5.41) is 0. The average molecular weight is 522 g/mol. The predicted molar refractivity (Wildman–Crippen MR) is 148 cm³/mol. The highest BCUT2D eigenvalue weighted by atomic mass is 32.2. The van der Waals surface area contributed by atoms with Crippen LogP contribution in [0.15, 0.2) is 83.8 Å². The molecule has 1 aliphatic heterocycles. The molecular formula is C29H35N3O4S. The van der Waals surface area contributed by atoms with Gasteiger partial charge in [0.15, 0.2) is 0 Å². The molecule has 0 atom stereocenters. The third-order valence-electron chi connectivity index (χ3n) is 6.57. The van der Waals surface area contributed by atoms with Gasteiger partial charge in [0.2, 0.25) is 10.0 Å². The Balaban J connectivity index is 1.52. The number of benzene rings is 3. The number of sulfonamides is 1. The van der Waals surface area contributed by atoms with Crippen LogP contribution >= 0.6 is 0 Å². The van der Waals surface area contributed by atoms with Crippen LogP contribution in [-0.4, -0.2) is 58.5 Å². The van der Waals surface area contributed by atoms with Gasteiger partial charge in [-0.1, -0.05) is 37.3 Å². The zero-order chi connectivity index (χ0) is 26.4. The molecule has 4 rings (SSSR count). The Kier molecular flexibility index (Phi) is 8.51. The first kappa shape index (κ1) is 26.7. The number of anilines is 2. The number of hydrogen-bond donors (Lipinski definition) is 0. The van der Waals surface area contributed by atoms with Crippen molar-refractivity contribution >= 4 is 27.3 Å². The van der Waals surface area contributed by atoms with Gasteiger partial charge in [0.05, 0.1) is 16.3 Å². The van der Waals surface area contributed by atoms with Crippen LogP contribution in [-0.2, 0) is 10.0 Å². The molecule has 8 heteroatoms. The Hall–Kier alpha value is -3.36. The molecule has 0 N–H and O–H groups in total. The number of nitrogens with zero attached hydrogens (tertiary/aromatic N) is 3. The van der Waals surface area contributed by atoms with E-state index < -0.39 is 10.0 Å². The summed E-state index contributed by atoms with van der Waals surface area (Å²) in [6, 6.07) is 24.1. The molecule has 1 amide bonds. The molecule has 1 aliphatic rings. The van der Waals surface area contributed by atoms with Crippen molar-refractivity contribution in [3.05, 3.63) is 84.4 Å². The topological polar surface area (TPSA) is 70.2 Å². The van der Waals surface area contributed by atoms with Crippen LogP contribution in [0.5, 0.6) is 5.75 Å². The van der Waals surface area contributed by atoms with Gasteiger partial charge in [0.1, 0.15) is 11.9 Å². The quantitative estimate of drug-likeness (QED) is 0.395. The van der Waals surface area contributed by atoms with Crippen LogP contribution < -0.4 is 14.5 Å². The zero-order valence-electron chi connectivity index (χ0n) is 21.7. The molecule has 7 nitrogen and oxygen atoms in total. The fraction of sp³-hybridized carbons (Fsp3) is 0.345. The minimum absolute atomic E-state index is 0.148. The molecule has 0 aliphatic carbocycles. The van der Waals surface area contributed by atoms with Gasteiger partial charge in [-0.3, -0.25) is 4.79 Å². The van der Waals surface area contributed by atoms with E-state index in [9.17, 15) is 13.2 Å². The summed E-state index contributed by atoms with van der Waals surface area (Å²) in [4.78, 5) is 17.9. The summed E-state index contributed by atoms with van der Waals surface area (Å²) in [6.07, 6.45) is 2.75. The van der Waals surface area contributed by atoms with Gasteiger partial charge in [0.25, 0.3) is 5.91 Å². The van der Waals surface area contributed by atoms with Crippen molar-refractivity contribution in [2.24, 2.45) is 0 Å². The number of piperidine rings is 1. The highest BCUT2D eigenvalue weighted by Gasteiger charge is 2.26. The van der Waals surface area contributed by atoms with Crippen LogP contribution in [0.4, 0.5) is 11.4 Å². The second-order valence-electron chi connectivity index (χ2n) is 9.37. The molecule has 0 unspecified atom stereocenters. The third-order valence-corrected chi connectivity index (χ3v) is 8.40. The van der Waals surface area contributed by atoms with Crippen molar-refractivity contribution < 1.29 is 17.9 Å². The van der Waals surface area contributed by atoms with Crippen LogP contribution in [0.3, 0.4) is 0 Å².